The zero-order valence-corrected chi connectivity index (χ0v) is 25.9. The van der Waals surface area contributed by atoms with E-state index in [1.54, 1.807) is 24.4 Å². The van der Waals surface area contributed by atoms with Gasteiger partial charge in [0, 0.05) is 41.3 Å². The number of carbonyl (C=O) groups excluding carboxylic acids is 1. The minimum atomic E-state index is -0.423. The van der Waals surface area contributed by atoms with Crippen LogP contribution in [0.25, 0.3) is 5.69 Å². The van der Waals surface area contributed by atoms with E-state index in [9.17, 15) is 14.9 Å². The number of anilines is 2. The molecular formula is C31H31ClN6O4S. The second-order valence-corrected chi connectivity index (χ2v) is 11.4. The van der Waals surface area contributed by atoms with E-state index in [4.69, 9.17) is 28.6 Å². The highest BCUT2D eigenvalue weighted by Gasteiger charge is 2.42. The highest BCUT2D eigenvalue weighted by Crippen LogP contribution is 2.45. The molecule has 10 nitrogen and oxygen atoms in total. The number of hydrogen-bond acceptors (Lipinski definition) is 6. The van der Waals surface area contributed by atoms with E-state index < -0.39 is 4.92 Å². The number of methoxy groups -OCH3 is 1. The average molecular weight is 619 g/mol. The normalized spacial score (nSPS) is 16.3. The molecule has 12 heteroatoms. The number of nitrogens with one attached hydrogen (secondary N) is 2. The molecule has 2 atom stereocenters. The van der Waals surface area contributed by atoms with Crippen molar-refractivity contribution in [3.05, 3.63) is 105 Å². The van der Waals surface area contributed by atoms with Gasteiger partial charge in [0.25, 0.3) is 5.69 Å². The molecule has 1 amide bonds. The Kier molecular flexibility index (Phi) is 8.38. The summed E-state index contributed by atoms with van der Waals surface area (Å²) in [6.45, 7) is 7.54. The molecule has 222 valence electrons. The van der Waals surface area contributed by atoms with Crippen molar-refractivity contribution in [2.45, 2.75) is 39.8 Å². The lowest BCUT2D eigenvalue weighted by Crippen LogP contribution is -2.29. The maximum absolute atomic E-state index is 12.3. The van der Waals surface area contributed by atoms with Crippen molar-refractivity contribution >= 4 is 51.9 Å². The molecule has 3 heterocycles. The van der Waals surface area contributed by atoms with Crippen LogP contribution in [0.1, 0.15) is 48.6 Å². The highest BCUT2D eigenvalue weighted by atomic mass is 35.5. The van der Waals surface area contributed by atoms with E-state index in [-0.39, 0.29) is 29.6 Å². The summed E-state index contributed by atoms with van der Waals surface area (Å²) >= 11 is 12.6. The van der Waals surface area contributed by atoms with E-state index in [2.05, 4.69) is 21.7 Å². The molecule has 0 bridgehead atoms. The summed E-state index contributed by atoms with van der Waals surface area (Å²) in [4.78, 5) is 30.2. The van der Waals surface area contributed by atoms with E-state index in [0.29, 0.717) is 27.3 Å². The lowest BCUT2D eigenvalue weighted by molar-refractivity contribution is -0.384. The smallest absolute Gasteiger partial charge is 0.271 e. The molecule has 1 aliphatic heterocycles. The van der Waals surface area contributed by atoms with Gasteiger partial charge in [0.1, 0.15) is 5.75 Å². The molecule has 43 heavy (non-hydrogen) atoms. The number of rotatable bonds is 8. The first kappa shape index (κ1) is 30.0. The van der Waals surface area contributed by atoms with Crippen molar-refractivity contribution in [3.8, 4) is 11.4 Å². The molecule has 2 unspecified atom stereocenters. The zero-order chi connectivity index (χ0) is 31.0. The van der Waals surface area contributed by atoms with Gasteiger partial charge in [-0.1, -0.05) is 31.5 Å². The number of halogens is 1. The molecule has 2 aromatic heterocycles. The van der Waals surface area contributed by atoms with Crippen LogP contribution in [0.4, 0.5) is 17.1 Å². The number of pyridine rings is 1. The standard InChI is InChI=1S/C31H31ClN6O4S/c1-17(2)30(39)34-24-11-9-20(15-23(24)32)37-29(28(35-31(37)43)25-8-6-7-13-33-25)22-14-18(3)36(19(22)4)26-16-21(38(40)41)10-12-27(26)42-5/h6-17,28-29H,1-5H3,(H,34,39)(H,35,43). The van der Waals surface area contributed by atoms with Crippen molar-refractivity contribution < 1.29 is 14.5 Å². The van der Waals surface area contributed by atoms with Gasteiger partial charge in [-0.2, -0.15) is 0 Å². The summed E-state index contributed by atoms with van der Waals surface area (Å²) in [6, 6.07) is 17.0. The van der Waals surface area contributed by atoms with E-state index in [0.717, 1.165) is 28.3 Å². The number of amides is 1. The van der Waals surface area contributed by atoms with Crippen LogP contribution in [0, 0.1) is 29.9 Å². The van der Waals surface area contributed by atoms with Crippen LogP contribution in [-0.2, 0) is 4.79 Å². The number of nitro benzene ring substituents is 1. The third-order valence-corrected chi connectivity index (χ3v) is 8.14. The molecule has 1 fully saturated rings. The van der Waals surface area contributed by atoms with Crippen molar-refractivity contribution in [2.24, 2.45) is 5.92 Å². The monoisotopic (exact) mass is 618 g/mol. The fraction of sp³-hybridized carbons (Fsp3) is 0.258. The Balaban J connectivity index is 1.66. The molecule has 0 saturated carbocycles. The zero-order valence-electron chi connectivity index (χ0n) is 24.3. The molecular weight excluding hydrogens is 588 g/mol. The topological polar surface area (TPSA) is 115 Å². The minimum absolute atomic E-state index is 0.0409. The predicted octanol–water partition coefficient (Wildman–Crippen LogP) is 6.83. The van der Waals surface area contributed by atoms with Gasteiger partial charge in [-0.05, 0) is 74.1 Å². The molecule has 2 N–H and O–H groups in total. The number of nitro groups is 1. The van der Waals surface area contributed by atoms with Crippen LogP contribution in [0.2, 0.25) is 5.02 Å². The van der Waals surface area contributed by atoms with Crippen LogP contribution in [0.3, 0.4) is 0 Å². The van der Waals surface area contributed by atoms with Crippen LogP contribution in [0.15, 0.2) is 66.9 Å². The fourth-order valence-corrected chi connectivity index (χ4v) is 5.97. The van der Waals surface area contributed by atoms with Gasteiger partial charge in [-0.15, -0.1) is 0 Å². The molecule has 0 aliphatic carbocycles. The second-order valence-electron chi connectivity index (χ2n) is 10.6. The second kappa shape index (κ2) is 12.0. The highest BCUT2D eigenvalue weighted by molar-refractivity contribution is 7.80. The quantitative estimate of drug-likeness (QED) is 0.125. The Morgan fingerprint density at radius 2 is 1.93 bits per heavy atom. The third kappa shape index (κ3) is 5.65. The number of aromatic nitrogens is 2. The average Bonchev–Trinajstić information content (AvgIpc) is 3.48. The summed E-state index contributed by atoms with van der Waals surface area (Å²) < 4.78 is 7.55. The molecule has 5 rings (SSSR count). The largest absolute Gasteiger partial charge is 0.495 e. The van der Waals surface area contributed by atoms with Crippen molar-refractivity contribution in [1.29, 1.82) is 0 Å². The van der Waals surface area contributed by atoms with E-state index in [1.165, 1.54) is 19.2 Å². The Morgan fingerprint density at radius 3 is 2.56 bits per heavy atom. The lowest BCUT2D eigenvalue weighted by atomic mass is 9.96. The molecule has 1 aliphatic rings. The lowest BCUT2D eigenvalue weighted by Gasteiger charge is -2.28. The number of ether oxygens (including phenoxy) is 1. The first-order valence-corrected chi connectivity index (χ1v) is 14.4. The summed E-state index contributed by atoms with van der Waals surface area (Å²) in [6.07, 6.45) is 1.74. The third-order valence-electron chi connectivity index (χ3n) is 7.51. The number of aryl methyl sites for hydroxylation is 1. The number of non-ortho nitro benzene ring substituents is 1. The summed E-state index contributed by atoms with van der Waals surface area (Å²) in [5.74, 6) is 0.169. The van der Waals surface area contributed by atoms with Gasteiger partial charge >= 0.3 is 0 Å². The van der Waals surface area contributed by atoms with E-state index in [1.807, 2.05) is 61.4 Å². The van der Waals surface area contributed by atoms with Crippen molar-refractivity contribution in [1.82, 2.24) is 14.9 Å². The molecule has 4 aromatic rings. The number of hydrogen-bond donors (Lipinski definition) is 2. The number of thiocarbonyl (C=S) groups is 1. The number of carbonyl (C=O) groups is 1. The first-order chi connectivity index (χ1) is 20.5. The first-order valence-electron chi connectivity index (χ1n) is 13.6. The molecule has 0 radical (unpaired) electrons. The molecule has 0 spiro atoms. The summed E-state index contributed by atoms with van der Waals surface area (Å²) in [5, 5.41) is 18.8. The predicted molar refractivity (Wildman–Crippen MR) is 171 cm³/mol. The van der Waals surface area contributed by atoms with Crippen molar-refractivity contribution in [2.75, 3.05) is 17.3 Å². The maximum atomic E-state index is 12.3. The van der Waals surface area contributed by atoms with Crippen LogP contribution >= 0.6 is 23.8 Å². The van der Waals surface area contributed by atoms with Crippen molar-refractivity contribution in [3.63, 3.8) is 0 Å². The minimum Gasteiger partial charge on any atom is -0.495 e. The van der Waals surface area contributed by atoms with Crippen LogP contribution < -0.4 is 20.3 Å². The van der Waals surface area contributed by atoms with Crippen LogP contribution in [0.5, 0.6) is 5.75 Å². The summed E-state index contributed by atoms with van der Waals surface area (Å²) in [7, 11) is 1.54. The Bertz CT molecular complexity index is 1720. The van der Waals surface area contributed by atoms with E-state index >= 15 is 0 Å². The Hall–Kier alpha value is -4.48. The van der Waals surface area contributed by atoms with Gasteiger partial charge in [-0.3, -0.25) is 19.9 Å². The van der Waals surface area contributed by atoms with Gasteiger partial charge in [0.2, 0.25) is 5.91 Å². The molecule has 2 aromatic carbocycles. The summed E-state index contributed by atoms with van der Waals surface area (Å²) in [5.41, 5.74) is 5.19. The van der Waals surface area contributed by atoms with Gasteiger partial charge in [-0.25, -0.2) is 0 Å². The van der Waals surface area contributed by atoms with Crippen LogP contribution in [-0.4, -0.2) is 32.6 Å². The SMILES string of the molecule is COc1ccc([N+](=O)[O-])cc1-n1c(C)cc(C2C(c3ccccn3)NC(=S)N2c2ccc(NC(=O)C(C)C)c(Cl)c2)c1C. The van der Waals surface area contributed by atoms with Gasteiger partial charge in [0.15, 0.2) is 5.11 Å². The van der Waals surface area contributed by atoms with Gasteiger partial charge in [0.05, 0.1) is 46.2 Å². The fourth-order valence-electron chi connectivity index (χ4n) is 5.41. The molecule has 1 saturated heterocycles. The maximum Gasteiger partial charge on any atom is 0.271 e. The number of nitrogens with zero attached hydrogens (tertiary/aromatic N) is 4. The Labute approximate surface area is 259 Å². The van der Waals surface area contributed by atoms with Gasteiger partial charge < -0.3 is 24.8 Å². The Morgan fingerprint density at radius 1 is 1.16 bits per heavy atom. The number of benzene rings is 2.